The van der Waals surface area contributed by atoms with Crippen molar-refractivity contribution in [1.29, 1.82) is 5.26 Å². The van der Waals surface area contributed by atoms with Gasteiger partial charge in [-0.05, 0) is 17.7 Å². The van der Waals surface area contributed by atoms with E-state index in [1.54, 1.807) is 0 Å². The molecule has 2 nitrogen and oxygen atoms in total. The van der Waals surface area contributed by atoms with Crippen molar-refractivity contribution in [2.45, 2.75) is 17.9 Å². The standard InChI is InChI=1S/C11H14N2S/c1-9(6-12)14-8-11-4-2-10(7-13)3-5-11/h2-5,9H,6,8,12H2,1H3. The summed E-state index contributed by atoms with van der Waals surface area (Å²) in [6.45, 7) is 2.83. The average molecular weight is 206 g/mol. The zero-order valence-electron chi connectivity index (χ0n) is 8.23. The van der Waals surface area contributed by atoms with E-state index in [1.807, 2.05) is 36.0 Å². The zero-order chi connectivity index (χ0) is 10.4. The molecule has 1 atom stereocenters. The van der Waals surface area contributed by atoms with Gasteiger partial charge in [-0.1, -0.05) is 19.1 Å². The Hall–Kier alpha value is -0.980. The van der Waals surface area contributed by atoms with Crippen molar-refractivity contribution in [3.05, 3.63) is 35.4 Å². The Morgan fingerprint density at radius 3 is 2.57 bits per heavy atom. The summed E-state index contributed by atoms with van der Waals surface area (Å²) in [5.41, 5.74) is 7.48. The number of hydrogen-bond donors (Lipinski definition) is 1. The van der Waals surface area contributed by atoms with E-state index >= 15 is 0 Å². The van der Waals surface area contributed by atoms with Gasteiger partial charge >= 0.3 is 0 Å². The Bertz CT molecular complexity index is 313. The number of nitrogens with zero attached hydrogens (tertiary/aromatic N) is 1. The maximum Gasteiger partial charge on any atom is 0.0991 e. The van der Waals surface area contributed by atoms with Crippen LogP contribution in [0.3, 0.4) is 0 Å². The van der Waals surface area contributed by atoms with Crippen molar-refractivity contribution in [3.8, 4) is 6.07 Å². The molecule has 0 aliphatic carbocycles. The SMILES string of the molecule is CC(CN)SCc1ccc(C#N)cc1. The summed E-state index contributed by atoms with van der Waals surface area (Å²) in [5, 5.41) is 9.10. The van der Waals surface area contributed by atoms with Crippen LogP contribution in [-0.4, -0.2) is 11.8 Å². The number of nitrogens with two attached hydrogens (primary N) is 1. The van der Waals surface area contributed by atoms with Gasteiger partial charge in [-0.25, -0.2) is 0 Å². The highest BCUT2D eigenvalue weighted by Gasteiger charge is 2.00. The van der Waals surface area contributed by atoms with E-state index in [-0.39, 0.29) is 0 Å². The predicted molar refractivity (Wildman–Crippen MR) is 61.0 cm³/mol. The quantitative estimate of drug-likeness (QED) is 0.821. The molecular weight excluding hydrogens is 192 g/mol. The number of thioether (sulfide) groups is 1. The minimum atomic E-state index is 0.491. The van der Waals surface area contributed by atoms with Gasteiger partial charge in [-0.15, -0.1) is 0 Å². The van der Waals surface area contributed by atoms with Gasteiger partial charge < -0.3 is 5.73 Å². The maximum atomic E-state index is 8.61. The summed E-state index contributed by atoms with van der Waals surface area (Å²) < 4.78 is 0. The first-order valence-corrected chi connectivity index (χ1v) is 5.62. The van der Waals surface area contributed by atoms with E-state index in [0.29, 0.717) is 17.4 Å². The highest BCUT2D eigenvalue weighted by atomic mass is 32.2. The minimum absolute atomic E-state index is 0.491. The second kappa shape index (κ2) is 5.69. The number of nitriles is 1. The van der Waals surface area contributed by atoms with Gasteiger partial charge in [0.1, 0.15) is 0 Å². The first-order chi connectivity index (χ1) is 6.76. The van der Waals surface area contributed by atoms with Crippen LogP contribution in [0.2, 0.25) is 0 Å². The third-order valence-electron chi connectivity index (χ3n) is 1.95. The summed E-state index contributed by atoms with van der Waals surface area (Å²) in [6, 6.07) is 9.79. The third-order valence-corrected chi connectivity index (χ3v) is 3.21. The van der Waals surface area contributed by atoms with Crippen LogP contribution in [0.4, 0.5) is 0 Å². The molecular formula is C11H14N2S. The molecule has 0 aliphatic heterocycles. The fourth-order valence-electron chi connectivity index (χ4n) is 0.982. The second-order valence-corrected chi connectivity index (χ2v) is 4.59. The first-order valence-electron chi connectivity index (χ1n) is 4.57. The topological polar surface area (TPSA) is 49.8 Å². The molecule has 1 aromatic carbocycles. The Kier molecular flexibility index (Phi) is 4.51. The normalized spacial score (nSPS) is 12.1. The molecule has 0 saturated heterocycles. The van der Waals surface area contributed by atoms with Crippen molar-refractivity contribution in [1.82, 2.24) is 0 Å². The number of rotatable bonds is 4. The van der Waals surface area contributed by atoms with Gasteiger partial charge in [0.05, 0.1) is 11.6 Å². The van der Waals surface area contributed by atoms with Crippen molar-refractivity contribution >= 4 is 11.8 Å². The molecule has 2 N–H and O–H groups in total. The number of benzene rings is 1. The van der Waals surface area contributed by atoms with Crippen LogP contribution in [0.25, 0.3) is 0 Å². The lowest BCUT2D eigenvalue weighted by atomic mass is 10.2. The Morgan fingerprint density at radius 1 is 1.43 bits per heavy atom. The van der Waals surface area contributed by atoms with Gasteiger partial charge in [-0.3, -0.25) is 0 Å². The lowest BCUT2D eigenvalue weighted by Crippen LogP contribution is -2.12. The van der Waals surface area contributed by atoms with Crippen LogP contribution >= 0.6 is 11.8 Å². The van der Waals surface area contributed by atoms with E-state index in [1.165, 1.54) is 5.56 Å². The Labute approximate surface area is 89.1 Å². The molecule has 0 amide bonds. The predicted octanol–water partition coefficient (Wildman–Crippen LogP) is 2.14. The molecule has 0 bridgehead atoms. The van der Waals surface area contributed by atoms with Crippen LogP contribution in [0.1, 0.15) is 18.1 Å². The van der Waals surface area contributed by atoms with E-state index in [0.717, 1.165) is 5.75 Å². The molecule has 0 aliphatic rings. The molecule has 1 rings (SSSR count). The van der Waals surface area contributed by atoms with E-state index in [4.69, 9.17) is 11.0 Å². The highest BCUT2D eigenvalue weighted by molar-refractivity contribution is 7.99. The van der Waals surface area contributed by atoms with Crippen LogP contribution in [0.15, 0.2) is 24.3 Å². The van der Waals surface area contributed by atoms with Crippen molar-refractivity contribution < 1.29 is 0 Å². The van der Waals surface area contributed by atoms with E-state index in [2.05, 4.69) is 13.0 Å². The van der Waals surface area contributed by atoms with Crippen LogP contribution < -0.4 is 5.73 Å². The maximum absolute atomic E-state index is 8.61. The van der Waals surface area contributed by atoms with E-state index in [9.17, 15) is 0 Å². The molecule has 0 spiro atoms. The van der Waals surface area contributed by atoms with Crippen LogP contribution in [0.5, 0.6) is 0 Å². The molecule has 0 fully saturated rings. The number of hydrogen-bond acceptors (Lipinski definition) is 3. The van der Waals surface area contributed by atoms with Gasteiger partial charge in [-0.2, -0.15) is 17.0 Å². The zero-order valence-corrected chi connectivity index (χ0v) is 9.05. The molecule has 0 saturated carbocycles. The van der Waals surface area contributed by atoms with Crippen LogP contribution in [-0.2, 0) is 5.75 Å². The van der Waals surface area contributed by atoms with Gasteiger partial charge in [0.15, 0.2) is 0 Å². The fourth-order valence-corrected chi connectivity index (χ4v) is 1.79. The van der Waals surface area contributed by atoms with Gasteiger partial charge in [0.2, 0.25) is 0 Å². The molecule has 14 heavy (non-hydrogen) atoms. The van der Waals surface area contributed by atoms with Crippen molar-refractivity contribution in [3.63, 3.8) is 0 Å². The molecule has 0 radical (unpaired) electrons. The molecule has 0 aromatic heterocycles. The lowest BCUT2D eigenvalue weighted by molar-refractivity contribution is 0.951. The summed E-state index contributed by atoms with van der Waals surface area (Å²) in [4.78, 5) is 0. The minimum Gasteiger partial charge on any atom is -0.329 e. The third kappa shape index (κ3) is 3.41. The first kappa shape index (κ1) is 11.1. The summed E-state index contributed by atoms with van der Waals surface area (Å²) >= 11 is 1.84. The smallest absolute Gasteiger partial charge is 0.0991 e. The van der Waals surface area contributed by atoms with Gasteiger partial charge in [0.25, 0.3) is 0 Å². The highest BCUT2D eigenvalue weighted by Crippen LogP contribution is 2.16. The molecule has 74 valence electrons. The van der Waals surface area contributed by atoms with Crippen molar-refractivity contribution in [2.24, 2.45) is 5.73 Å². The Balaban J connectivity index is 2.49. The monoisotopic (exact) mass is 206 g/mol. The molecule has 1 aromatic rings. The fraction of sp³-hybridized carbons (Fsp3) is 0.364. The molecule has 1 unspecified atom stereocenters. The molecule has 3 heteroatoms. The average Bonchev–Trinajstić information content (AvgIpc) is 2.26. The Morgan fingerprint density at radius 2 is 2.07 bits per heavy atom. The van der Waals surface area contributed by atoms with E-state index < -0.39 is 0 Å². The lowest BCUT2D eigenvalue weighted by Gasteiger charge is -2.07. The largest absolute Gasteiger partial charge is 0.329 e. The summed E-state index contributed by atoms with van der Waals surface area (Å²) in [5.74, 6) is 0.962. The second-order valence-electron chi connectivity index (χ2n) is 3.17. The summed E-state index contributed by atoms with van der Waals surface area (Å²) in [7, 11) is 0. The van der Waals surface area contributed by atoms with Crippen LogP contribution in [0, 0.1) is 11.3 Å². The van der Waals surface area contributed by atoms with Gasteiger partial charge in [0, 0.05) is 17.5 Å². The summed E-state index contributed by atoms with van der Waals surface area (Å²) in [6.07, 6.45) is 0. The van der Waals surface area contributed by atoms with Crippen molar-refractivity contribution in [2.75, 3.05) is 6.54 Å². The molecule has 0 heterocycles.